The zero-order valence-corrected chi connectivity index (χ0v) is 14.9. The third kappa shape index (κ3) is 3.37. The third-order valence-corrected chi connectivity index (χ3v) is 4.31. The van der Waals surface area contributed by atoms with Crippen molar-refractivity contribution in [1.82, 2.24) is 19.7 Å². The molecule has 3 rings (SSSR count). The number of ether oxygens (including phenoxy) is 1. The first-order valence-electron chi connectivity index (χ1n) is 7.53. The summed E-state index contributed by atoms with van der Waals surface area (Å²) >= 11 is 6.10. The molecule has 2 heterocycles. The van der Waals surface area contributed by atoms with E-state index in [9.17, 15) is 13.2 Å². The highest BCUT2D eigenvalue weighted by atomic mass is 35.5. The zero-order chi connectivity index (χ0) is 19.1. The Morgan fingerprint density at radius 2 is 1.85 bits per heavy atom. The maximum atomic E-state index is 13.3. The number of aromatic nitrogens is 4. The van der Waals surface area contributed by atoms with E-state index >= 15 is 0 Å². The van der Waals surface area contributed by atoms with Gasteiger partial charge in [-0.05, 0) is 32.0 Å². The van der Waals surface area contributed by atoms with Gasteiger partial charge in [0, 0.05) is 5.56 Å². The van der Waals surface area contributed by atoms with Gasteiger partial charge in [-0.1, -0.05) is 23.7 Å². The number of hydrogen-bond donors (Lipinski definition) is 0. The molecule has 2 aromatic heterocycles. The molecule has 0 aliphatic carbocycles. The van der Waals surface area contributed by atoms with E-state index in [1.54, 1.807) is 38.1 Å². The van der Waals surface area contributed by atoms with Crippen molar-refractivity contribution in [2.45, 2.75) is 20.0 Å². The molecule has 0 aliphatic rings. The monoisotopic (exact) mass is 382 g/mol. The Bertz CT molecular complexity index is 969. The van der Waals surface area contributed by atoms with Gasteiger partial charge in [-0.15, -0.1) is 0 Å². The van der Waals surface area contributed by atoms with Gasteiger partial charge in [-0.25, -0.2) is 14.6 Å². The molecule has 5 nitrogen and oxygen atoms in total. The molecule has 0 saturated carbocycles. The highest BCUT2D eigenvalue weighted by Crippen LogP contribution is 2.32. The average molecular weight is 383 g/mol. The van der Waals surface area contributed by atoms with Crippen LogP contribution in [0.5, 0.6) is 5.75 Å². The van der Waals surface area contributed by atoms with Gasteiger partial charge < -0.3 is 4.74 Å². The molecule has 0 aliphatic heterocycles. The van der Waals surface area contributed by atoms with Crippen LogP contribution < -0.4 is 4.74 Å². The van der Waals surface area contributed by atoms with E-state index < -0.39 is 11.9 Å². The quantitative estimate of drug-likeness (QED) is 0.663. The van der Waals surface area contributed by atoms with Gasteiger partial charge in [0.05, 0.1) is 29.2 Å². The molecule has 0 amide bonds. The molecule has 1 aromatic carbocycles. The Morgan fingerprint density at radius 1 is 1.12 bits per heavy atom. The largest absolute Gasteiger partial charge is 0.497 e. The van der Waals surface area contributed by atoms with E-state index in [1.807, 2.05) is 0 Å². The third-order valence-electron chi connectivity index (χ3n) is 3.76. The van der Waals surface area contributed by atoms with Gasteiger partial charge in [-0.3, -0.25) is 0 Å². The van der Waals surface area contributed by atoms with E-state index in [1.165, 1.54) is 11.8 Å². The van der Waals surface area contributed by atoms with Crippen LogP contribution in [0.1, 0.15) is 17.1 Å². The van der Waals surface area contributed by atoms with Crippen LogP contribution in [-0.4, -0.2) is 26.9 Å². The standard InChI is InChI=1S/C17H14ClF3N4O/c1-9-15(18)10(2)25(24-9)16-22-13(8-14(23-16)17(19,20)21)11-5-4-6-12(7-11)26-3/h4-8H,1-3H3. The van der Waals surface area contributed by atoms with E-state index in [-0.39, 0.29) is 11.6 Å². The first-order valence-corrected chi connectivity index (χ1v) is 7.91. The van der Waals surface area contributed by atoms with Crippen molar-refractivity contribution < 1.29 is 17.9 Å². The molecule has 0 atom stereocenters. The molecule has 0 N–H and O–H groups in total. The molecular formula is C17H14ClF3N4O. The highest BCUT2D eigenvalue weighted by molar-refractivity contribution is 6.31. The maximum absolute atomic E-state index is 13.3. The lowest BCUT2D eigenvalue weighted by Crippen LogP contribution is -2.14. The Morgan fingerprint density at radius 3 is 2.42 bits per heavy atom. The van der Waals surface area contributed by atoms with Gasteiger partial charge in [0.25, 0.3) is 5.95 Å². The van der Waals surface area contributed by atoms with E-state index in [0.717, 1.165) is 6.07 Å². The van der Waals surface area contributed by atoms with Crippen molar-refractivity contribution in [3.8, 4) is 23.0 Å². The molecule has 0 fully saturated rings. The Kier molecular flexibility index (Phi) is 4.62. The Balaban J connectivity index is 2.24. The summed E-state index contributed by atoms with van der Waals surface area (Å²) in [4.78, 5) is 7.89. The molecule has 0 spiro atoms. The first-order chi connectivity index (χ1) is 12.2. The molecule has 0 bridgehead atoms. The van der Waals surface area contributed by atoms with Crippen LogP contribution in [0, 0.1) is 13.8 Å². The number of halogens is 4. The molecular weight excluding hydrogens is 369 g/mol. The highest BCUT2D eigenvalue weighted by Gasteiger charge is 2.34. The fraction of sp³-hybridized carbons (Fsp3) is 0.235. The van der Waals surface area contributed by atoms with Gasteiger partial charge in [0.2, 0.25) is 0 Å². The second-order valence-corrected chi connectivity index (χ2v) is 5.94. The Hall–Kier alpha value is -2.61. The van der Waals surface area contributed by atoms with Crippen molar-refractivity contribution in [3.63, 3.8) is 0 Å². The average Bonchev–Trinajstić information content (AvgIpc) is 2.88. The normalized spacial score (nSPS) is 11.7. The molecule has 0 radical (unpaired) electrons. The minimum absolute atomic E-state index is 0.102. The summed E-state index contributed by atoms with van der Waals surface area (Å²) in [6.07, 6.45) is -4.63. The van der Waals surface area contributed by atoms with Gasteiger partial charge in [-0.2, -0.15) is 18.3 Å². The van der Waals surface area contributed by atoms with Crippen LogP contribution in [0.2, 0.25) is 5.02 Å². The van der Waals surface area contributed by atoms with Crippen molar-refractivity contribution in [2.24, 2.45) is 0 Å². The lowest BCUT2D eigenvalue weighted by molar-refractivity contribution is -0.141. The fourth-order valence-electron chi connectivity index (χ4n) is 2.42. The summed E-state index contributed by atoms with van der Waals surface area (Å²) in [5.74, 6) is 0.301. The SMILES string of the molecule is COc1cccc(-c2cc(C(F)(F)F)nc(-n3nc(C)c(Cl)c3C)n2)c1. The summed E-state index contributed by atoms with van der Waals surface area (Å²) in [5.41, 5.74) is 0.438. The van der Waals surface area contributed by atoms with Crippen molar-refractivity contribution in [1.29, 1.82) is 0 Å². The van der Waals surface area contributed by atoms with Gasteiger partial charge >= 0.3 is 6.18 Å². The maximum Gasteiger partial charge on any atom is 0.433 e. The molecule has 26 heavy (non-hydrogen) atoms. The predicted octanol–water partition coefficient (Wildman–Crippen LogP) is 4.63. The summed E-state index contributed by atoms with van der Waals surface area (Å²) < 4.78 is 46.3. The van der Waals surface area contributed by atoms with Crippen LogP contribution >= 0.6 is 11.6 Å². The number of rotatable bonds is 3. The van der Waals surface area contributed by atoms with E-state index in [2.05, 4.69) is 15.1 Å². The minimum Gasteiger partial charge on any atom is -0.497 e. The summed E-state index contributed by atoms with van der Waals surface area (Å²) in [7, 11) is 1.48. The number of nitrogens with zero attached hydrogens (tertiary/aromatic N) is 4. The lowest BCUT2D eigenvalue weighted by atomic mass is 10.1. The topological polar surface area (TPSA) is 52.8 Å². The van der Waals surface area contributed by atoms with Crippen molar-refractivity contribution in [3.05, 3.63) is 52.4 Å². The van der Waals surface area contributed by atoms with Crippen molar-refractivity contribution in [2.75, 3.05) is 7.11 Å². The van der Waals surface area contributed by atoms with Crippen LogP contribution in [0.3, 0.4) is 0 Å². The van der Waals surface area contributed by atoms with Crippen LogP contribution in [-0.2, 0) is 6.18 Å². The first kappa shape index (κ1) is 18.2. The van der Waals surface area contributed by atoms with Gasteiger partial charge in [0.15, 0.2) is 5.69 Å². The molecule has 136 valence electrons. The zero-order valence-electron chi connectivity index (χ0n) is 14.1. The van der Waals surface area contributed by atoms with Crippen LogP contribution in [0.15, 0.2) is 30.3 Å². The predicted molar refractivity (Wildman–Crippen MR) is 90.6 cm³/mol. The number of aryl methyl sites for hydroxylation is 1. The van der Waals surface area contributed by atoms with E-state index in [0.29, 0.717) is 27.7 Å². The lowest BCUT2D eigenvalue weighted by Gasteiger charge is -2.12. The second-order valence-electron chi connectivity index (χ2n) is 5.56. The molecule has 0 unspecified atom stereocenters. The molecule has 0 saturated heterocycles. The van der Waals surface area contributed by atoms with Crippen LogP contribution in [0.25, 0.3) is 17.2 Å². The molecule has 9 heteroatoms. The minimum atomic E-state index is -4.63. The van der Waals surface area contributed by atoms with Crippen LogP contribution in [0.4, 0.5) is 13.2 Å². The van der Waals surface area contributed by atoms with Crippen molar-refractivity contribution >= 4 is 11.6 Å². The smallest absolute Gasteiger partial charge is 0.433 e. The number of benzene rings is 1. The fourth-order valence-corrected chi connectivity index (χ4v) is 2.54. The number of alkyl halides is 3. The summed E-state index contributed by atoms with van der Waals surface area (Å²) in [6.45, 7) is 3.29. The molecule has 3 aromatic rings. The summed E-state index contributed by atoms with van der Waals surface area (Å²) in [6, 6.07) is 7.50. The van der Waals surface area contributed by atoms with Gasteiger partial charge in [0.1, 0.15) is 5.75 Å². The second kappa shape index (κ2) is 6.60. The van der Waals surface area contributed by atoms with E-state index in [4.69, 9.17) is 16.3 Å². The number of methoxy groups -OCH3 is 1. The summed E-state index contributed by atoms with van der Waals surface area (Å²) in [5, 5.41) is 4.49. The Labute approximate surface area is 152 Å². The number of hydrogen-bond acceptors (Lipinski definition) is 4.